The number of rotatable bonds is 10. The standard InChI is InChI=1S/C32H24N2.C31H22N2O/c1-2-24-17-19-27(20-18-24)33(25-11-5-3-6-12-25)28-21-22-32-30(23-28)29-15-9-10-16-31(29)34(32)26-13-7-4-8-14-26;34-22-23-15-17-26(18-16-23)32(24-9-3-1-4-10-24)27-19-20-31-29(21-27)28-13-7-8-14-30(28)33(31)25-11-5-2-6-12-25/h2-23H,1H2;1-22H. The van der Waals surface area contributed by atoms with Gasteiger partial charge in [-0.25, -0.2) is 0 Å². The highest BCUT2D eigenvalue weighted by molar-refractivity contribution is 6.12. The van der Waals surface area contributed by atoms with E-state index in [9.17, 15) is 4.79 Å². The average molecular weight is 875 g/mol. The van der Waals surface area contributed by atoms with Crippen LogP contribution in [0, 0.1) is 0 Å². The van der Waals surface area contributed by atoms with Crippen molar-refractivity contribution in [2.45, 2.75) is 0 Å². The van der Waals surface area contributed by atoms with Crippen molar-refractivity contribution in [2.75, 3.05) is 9.80 Å². The molecule has 5 heteroatoms. The molecule has 0 N–H and O–H groups in total. The largest absolute Gasteiger partial charge is 0.310 e. The minimum atomic E-state index is 0.665. The van der Waals surface area contributed by atoms with Crippen LogP contribution in [-0.4, -0.2) is 15.4 Å². The summed E-state index contributed by atoms with van der Waals surface area (Å²) in [5, 5.41) is 4.90. The summed E-state index contributed by atoms with van der Waals surface area (Å²) in [5.74, 6) is 0. The third-order valence-electron chi connectivity index (χ3n) is 12.6. The third-order valence-corrected chi connectivity index (χ3v) is 12.6. The summed E-state index contributed by atoms with van der Waals surface area (Å²) in [7, 11) is 0. The Labute approximate surface area is 395 Å². The second-order valence-electron chi connectivity index (χ2n) is 16.6. The molecule has 0 spiro atoms. The van der Waals surface area contributed by atoms with Crippen LogP contribution < -0.4 is 9.80 Å². The lowest BCUT2D eigenvalue weighted by Gasteiger charge is -2.25. The van der Waals surface area contributed by atoms with Gasteiger partial charge in [0.2, 0.25) is 0 Å². The first-order valence-electron chi connectivity index (χ1n) is 22.8. The van der Waals surface area contributed by atoms with Crippen LogP contribution in [0.4, 0.5) is 34.1 Å². The first-order chi connectivity index (χ1) is 33.7. The topological polar surface area (TPSA) is 33.4 Å². The summed E-state index contributed by atoms with van der Waals surface area (Å²) in [6.07, 6.45) is 2.75. The molecule has 0 bridgehead atoms. The average Bonchev–Trinajstić information content (AvgIpc) is 3.93. The Bertz CT molecular complexity index is 3440. The highest BCUT2D eigenvalue weighted by Crippen LogP contribution is 2.41. The van der Waals surface area contributed by atoms with Crippen LogP contribution >= 0.6 is 0 Å². The quantitative estimate of drug-likeness (QED) is 0.128. The van der Waals surface area contributed by atoms with E-state index < -0.39 is 0 Å². The number of benzene rings is 10. The Morgan fingerprint density at radius 1 is 0.309 bits per heavy atom. The summed E-state index contributed by atoms with van der Waals surface area (Å²) in [4.78, 5) is 15.7. The monoisotopic (exact) mass is 874 g/mol. The van der Waals surface area contributed by atoms with Gasteiger partial charge >= 0.3 is 0 Å². The van der Waals surface area contributed by atoms with Gasteiger partial charge in [-0.05, 0) is 139 Å². The lowest BCUT2D eigenvalue weighted by molar-refractivity contribution is 0.112. The van der Waals surface area contributed by atoms with E-state index in [2.05, 4.69) is 232 Å². The molecule has 12 aromatic rings. The number of aldehydes is 1. The number of hydrogen-bond acceptors (Lipinski definition) is 3. The summed E-state index contributed by atoms with van der Waals surface area (Å²) in [6, 6.07) is 88.7. The van der Waals surface area contributed by atoms with E-state index in [0.717, 1.165) is 51.7 Å². The summed E-state index contributed by atoms with van der Waals surface area (Å²) >= 11 is 0. The fourth-order valence-electron chi connectivity index (χ4n) is 9.42. The number of hydrogen-bond donors (Lipinski definition) is 0. The fourth-order valence-corrected chi connectivity index (χ4v) is 9.42. The molecule has 0 aliphatic rings. The van der Waals surface area contributed by atoms with Crippen molar-refractivity contribution in [1.29, 1.82) is 0 Å². The van der Waals surface area contributed by atoms with Gasteiger partial charge in [0.25, 0.3) is 0 Å². The Kier molecular flexibility index (Phi) is 11.2. The predicted molar refractivity (Wildman–Crippen MR) is 286 cm³/mol. The molecule has 0 unspecified atom stereocenters. The van der Waals surface area contributed by atoms with Crippen molar-refractivity contribution in [1.82, 2.24) is 9.13 Å². The van der Waals surface area contributed by atoms with Crippen molar-refractivity contribution in [3.8, 4) is 11.4 Å². The van der Waals surface area contributed by atoms with Crippen LogP contribution in [0.3, 0.4) is 0 Å². The Balaban J connectivity index is 0.000000149. The van der Waals surface area contributed by atoms with Crippen molar-refractivity contribution >= 4 is 90.1 Å². The van der Waals surface area contributed by atoms with Crippen molar-refractivity contribution in [2.24, 2.45) is 0 Å². The van der Waals surface area contributed by atoms with E-state index in [0.29, 0.717) is 5.56 Å². The van der Waals surface area contributed by atoms with E-state index in [1.807, 2.05) is 54.6 Å². The van der Waals surface area contributed by atoms with E-state index in [1.165, 1.54) is 49.3 Å². The molecule has 0 aliphatic carbocycles. The van der Waals surface area contributed by atoms with Gasteiger partial charge in [0, 0.05) is 72.6 Å². The van der Waals surface area contributed by atoms with Crippen molar-refractivity contribution in [3.05, 3.63) is 272 Å². The molecule has 0 aliphatic heterocycles. The van der Waals surface area contributed by atoms with Crippen LogP contribution in [0.15, 0.2) is 261 Å². The van der Waals surface area contributed by atoms with E-state index in [1.54, 1.807) is 0 Å². The molecular formula is C63H46N4O. The number of carbonyl (C=O) groups is 1. The third kappa shape index (κ3) is 7.78. The first kappa shape index (κ1) is 41.5. The zero-order valence-electron chi connectivity index (χ0n) is 37.3. The number of anilines is 6. The van der Waals surface area contributed by atoms with Gasteiger partial charge in [0.05, 0.1) is 22.1 Å². The maximum Gasteiger partial charge on any atom is 0.150 e. The molecular weight excluding hydrogens is 829 g/mol. The molecule has 10 aromatic carbocycles. The summed E-state index contributed by atoms with van der Waals surface area (Å²) in [6.45, 7) is 3.90. The zero-order chi connectivity index (χ0) is 45.8. The number of aromatic nitrogens is 2. The molecule has 68 heavy (non-hydrogen) atoms. The van der Waals surface area contributed by atoms with Gasteiger partial charge in [-0.15, -0.1) is 0 Å². The zero-order valence-corrected chi connectivity index (χ0v) is 37.3. The molecule has 12 rings (SSSR count). The first-order valence-corrected chi connectivity index (χ1v) is 22.8. The van der Waals surface area contributed by atoms with Gasteiger partial charge in [0.15, 0.2) is 0 Å². The van der Waals surface area contributed by atoms with Crippen LogP contribution in [0.2, 0.25) is 0 Å². The molecule has 0 atom stereocenters. The Morgan fingerprint density at radius 3 is 1.03 bits per heavy atom. The van der Waals surface area contributed by atoms with Crippen molar-refractivity contribution in [3.63, 3.8) is 0 Å². The molecule has 2 aromatic heterocycles. The van der Waals surface area contributed by atoms with Crippen LogP contribution in [-0.2, 0) is 0 Å². The Hall–Kier alpha value is -9.19. The molecule has 2 heterocycles. The second kappa shape index (κ2) is 18.4. The maximum atomic E-state index is 11.2. The van der Waals surface area contributed by atoms with Crippen LogP contribution in [0.5, 0.6) is 0 Å². The SMILES string of the molecule is C=Cc1ccc(N(c2ccccc2)c2ccc3c(c2)c2ccccc2n3-c2ccccc2)cc1.O=Cc1ccc(N(c2ccccc2)c2ccc3c(c2)c2ccccc2n3-c2ccccc2)cc1. The molecule has 0 saturated heterocycles. The minimum Gasteiger partial charge on any atom is -0.310 e. The number of fused-ring (bicyclic) bond motifs is 6. The van der Waals surface area contributed by atoms with Gasteiger partial charge in [-0.3, -0.25) is 4.79 Å². The minimum absolute atomic E-state index is 0.665. The Morgan fingerprint density at radius 2 is 0.632 bits per heavy atom. The number of para-hydroxylation sites is 6. The van der Waals surface area contributed by atoms with Gasteiger partial charge in [-0.1, -0.05) is 134 Å². The van der Waals surface area contributed by atoms with Gasteiger partial charge in [0.1, 0.15) is 6.29 Å². The van der Waals surface area contributed by atoms with Crippen molar-refractivity contribution < 1.29 is 4.79 Å². The number of nitrogens with zero attached hydrogens (tertiary/aromatic N) is 4. The normalized spacial score (nSPS) is 11.1. The maximum absolute atomic E-state index is 11.2. The summed E-state index contributed by atoms with van der Waals surface area (Å²) < 4.78 is 4.67. The molecule has 324 valence electrons. The predicted octanol–water partition coefficient (Wildman–Crippen LogP) is 17.0. The van der Waals surface area contributed by atoms with Crippen LogP contribution in [0.1, 0.15) is 15.9 Å². The van der Waals surface area contributed by atoms with Gasteiger partial charge < -0.3 is 18.9 Å². The molecule has 0 saturated carbocycles. The molecule has 0 fully saturated rings. The molecule has 5 nitrogen and oxygen atoms in total. The fraction of sp³-hybridized carbons (Fsp3) is 0. The summed E-state index contributed by atoms with van der Waals surface area (Å²) in [5.41, 5.74) is 15.3. The van der Waals surface area contributed by atoms with Crippen LogP contribution in [0.25, 0.3) is 61.1 Å². The molecule has 0 amide bonds. The van der Waals surface area contributed by atoms with E-state index >= 15 is 0 Å². The lowest BCUT2D eigenvalue weighted by atomic mass is 10.1. The van der Waals surface area contributed by atoms with E-state index in [-0.39, 0.29) is 0 Å². The molecule has 0 radical (unpaired) electrons. The lowest BCUT2D eigenvalue weighted by Crippen LogP contribution is -2.09. The number of carbonyl (C=O) groups excluding carboxylic acids is 1. The smallest absolute Gasteiger partial charge is 0.150 e. The highest BCUT2D eigenvalue weighted by atomic mass is 16.1. The van der Waals surface area contributed by atoms with E-state index in [4.69, 9.17) is 0 Å². The van der Waals surface area contributed by atoms with Gasteiger partial charge in [-0.2, -0.15) is 0 Å². The highest BCUT2D eigenvalue weighted by Gasteiger charge is 2.19. The second-order valence-corrected chi connectivity index (χ2v) is 16.6.